The zero-order valence-corrected chi connectivity index (χ0v) is 15.3. The van der Waals surface area contributed by atoms with Crippen LogP contribution in [0.4, 0.5) is 5.69 Å². The summed E-state index contributed by atoms with van der Waals surface area (Å²) in [5.41, 5.74) is 2.25. The molecule has 1 aromatic rings. The summed E-state index contributed by atoms with van der Waals surface area (Å²) < 4.78 is 0.470. The van der Waals surface area contributed by atoms with E-state index in [0.717, 1.165) is 36.8 Å². The summed E-state index contributed by atoms with van der Waals surface area (Å²) in [7, 11) is 0. The number of hydrogen-bond acceptors (Lipinski definition) is 3. The van der Waals surface area contributed by atoms with Crippen molar-refractivity contribution in [1.29, 1.82) is 0 Å². The molecule has 2 nitrogen and oxygen atoms in total. The van der Waals surface area contributed by atoms with Crippen LogP contribution >= 0.6 is 23.5 Å². The van der Waals surface area contributed by atoms with Crippen molar-refractivity contribution in [3.63, 3.8) is 0 Å². The largest absolute Gasteiger partial charge is 0.326 e. The molecule has 0 radical (unpaired) electrons. The van der Waals surface area contributed by atoms with Crippen molar-refractivity contribution in [3.05, 3.63) is 29.8 Å². The van der Waals surface area contributed by atoms with Crippen LogP contribution in [0.1, 0.15) is 38.2 Å². The Bertz CT molecular complexity index is 581. The number of carbonyl (C=O) groups is 1. The first-order chi connectivity index (χ1) is 11.2. The lowest BCUT2D eigenvalue weighted by molar-refractivity contribution is -0.121. The van der Waals surface area contributed by atoms with E-state index in [0.29, 0.717) is 4.08 Å². The Hall–Kier alpha value is -0.610. The van der Waals surface area contributed by atoms with Gasteiger partial charge in [0.2, 0.25) is 5.91 Å². The van der Waals surface area contributed by atoms with Crippen molar-refractivity contribution < 1.29 is 4.79 Å². The second kappa shape index (κ2) is 6.36. The molecule has 1 spiro atoms. The van der Waals surface area contributed by atoms with E-state index in [2.05, 4.69) is 41.8 Å². The Labute approximate surface area is 147 Å². The van der Waals surface area contributed by atoms with Crippen LogP contribution in [0.5, 0.6) is 0 Å². The maximum Gasteiger partial charge on any atom is 0.227 e. The molecule has 3 fully saturated rings. The summed E-state index contributed by atoms with van der Waals surface area (Å²) >= 11 is 4.40. The van der Waals surface area contributed by atoms with Gasteiger partial charge in [0, 0.05) is 23.1 Å². The highest BCUT2D eigenvalue weighted by molar-refractivity contribution is 8.21. The minimum absolute atomic E-state index is 0.213. The molecule has 1 saturated heterocycles. The van der Waals surface area contributed by atoms with Crippen LogP contribution in [-0.2, 0) is 11.2 Å². The first-order valence-corrected chi connectivity index (χ1v) is 10.9. The van der Waals surface area contributed by atoms with Gasteiger partial charge in [-0.1, -0.05) is 25.1 Å². The van der Waals surface area contributed by atoms with Crippen LogP contribution in [0.25, 0.3) is 0 Å². The number of thioether (sulfide) groups is 2. The van der Waals surface area contributed by atoms with Gasteiger partial charge in [-0.2, -0.15) is 0 Å². The monoisotopic (exact) mass is 347 g/mol. The van der Waals surface area contributed by atoms with E-state index in [1.165, 1.54) is 29.9 Å². The molecule has 1 aromatic carbocycles. The average Bonchev–Trinajstić information content (AvgIpc) is 3.10. The van der Waals surface area contributed by atoms with Gasteiger partial charge in [0.15, 0.2) is 0 Å². The average molecular weight is 348 g/mol. The SMILES string of the molecule is CCc1ccccc1NC(=O)C1C[C@H]2CC[C@@H](C1)C21SCCS1. The van der Waals surface area contributed by atoms with Crippen molar-refractivity contribution >= 4 is 35.1 Å². The summed E-state index contributed by atoms with van der Waals surface area (Å²) in [6.45, 7) is 2.14. The Morgan fingerprint density at radius 1 is 1.17 bits per heavy atom. The zero-order valence-electron chi connectivity index (χ0n) is 13.7. The second-order valence-electron chi connectivity index (χ2n) is 7.06. The van der Waals surface area contributed by atoms with Gasteiger partial charge in [0.05, 0.1) is 4.08 Å². The number of aryl methyl sites for hydroxylation is 1. The molecule has 1 amide bonds. The number of benzene rings is 1. The number of para-hydroxylation sites is 1. The van der Waals surface area contributed by atoms with E-state index in [-0.39, 0.29) is 11.8 Å². The normalized spacial score (nSPS) is 31.4. The van der Waals surface area contributed by atoms with Crippen molar-refractivity contribution in [1.82, 2.24) is 0 Å². The van der Waals surface area contributed by atoms with Gasteiger partial charge in [-0.25, -0.2) is 0 Å². The molecular formula is C19H25NOS2. The highest BCUT2D eigenvalue weighted by Gasteiger charge is 2.57. The highest BCUT2D eigenvalue weighted by atomic mass is 32.2. The van der Waals surface area contributed by atoms with Crippen molar-refractivity contribution in [3.8, 4) is 0 Å². The Kier molecular flexibility index (Phi) is 4.39. The molecule has 124 valence electrons. The number of amides is 1. The van der Waals surface area contributed by atoms with Gasteiger partial charge in [0.25, 0.3) is 0 Å². The topological polar surface area (TPSA) is 29.1 Å². The van der Waals surface area contributed by atoms with E-state index in [4.69, 9.17) is 0 Å². The van der Waals surface area contributed by atoms with Gasteiger partial charge in [-0.3, -0.25) is 4.79 Å². The maximum atomic E-state index is 12.8. The van der Waals surface area contributed by atoms with E-state index in [1.54, 1.807) is 0 Å². The van der Waals surface area contributed by atoms with Gasteiger partial charge in [-0.15, -0.1) is 23.5 Å². The van der Waals surface area contributed by atoms with Crippen LogP contribution in [0.15, 0.2) is 24.3 Å². The van der Waals surface area contributed by atoms with Crippen molar-refractivity contribution in [2.45, 2.75) is 43.1 Å². The second-order valence-corrected chi connectivity index (χ2v) is 10.1. The minimum Gasteiger partial charge on any atom is -0.326 e. The van der Waals surface area contributed by atoms with Crippen molar-refractivity contribution in [2.24, 2.45) is 17.8 Å². The fraction of sp³-hybridized carbons (Fsp3) is 0.632. The summed E-state index contributed by atoms with van der Waals surface area (Å²) in [4.78, 5) is 12.8. The van der Waals surface area contributed by atoms with Gasteiger partial charge < -0.3 is 5.32 Å². The Morgan fingerprint density at radius 2 is 1.83 bits per heavy atom. The summed E-state index contributed by atoms with van der Waals surface area (Å²) in [6, 6.07) is 8.22. The highest BCUT2D eigenvalue weighted by Crippen LogP contribution is 2.65. The van der Waals surface area contributed by atoms with Crippen LogP contribution < -0.4 is 5.32 Å². The lowest BCUT2D eigenvalue weighted by atomic mass is 9.79. The fourth-order valence-electron chi connectivity index (χ4n) is 4.80. The molecule has 1 heterocycles. The van der Waals surface area contributed by atoms with E-state index in [9.17, 15) is 4.79 Å². The summed E-state index contributed by atoms with van der Waals surface area (Å²) in [6.07, 6.45) is 5.82. The Balaban J connectivity index is 1.47. The molecule has 3 atom stereocenters. The molecule has 2 saturated carbocycles. The van der Waals surface area contributed by atoms with Crippen LogP contribution in [0, 0.1) is 17.8 Å². The van der Waals surface area contributed by atoms with Gasteiger partial charge >= 0.3 is 0 Å². The summed E-state index contributed by atoms with van der Waals surface area (Å²) in [5, 5.41) is 3.23. The number of carbonyl (C=O) groups excluding carboxylic acids is 1. The lowest BCUT2D eigenvalue weighted by Crippen LogP contribution is -2.41. The molecule has 2 aliphatic carbocycles. The standard InChI is InChI=1S/C19H25NOS2/c1-2-13-5-3-4-6-17(13)20-18(21)14-11-15-7-8-16(12-14)19(15)22-9-10-23-19/h3-6,14-16H,2,7-12H2,1H3,(H,20,21)/t14?,15-,16+. The number of nitrogens with one attached hydrogen (secondary N) is 1. The maximum absolute atomic E-state index is 12.8. The third-order valence-corrected chi connectivity index (χ3v) is 9.92. The predicted octanol–water partition coefficient (Wildman–Crippen LogP) is 4.80. The first kappa shape index (κ1) is 15.9. The number of rotatable bonds is 3. The van der Waals surface area contributed by atoms with Crippen LogP contribution in [0.2, 0.25) is 0 Å². The van der Waals surface area contributed by atoms with Crippen molar-refractivity contribution in [2.75, 3.05) is 16.8 Å². The molecule has 1 aliphatic heterocycles. The van der Waals surface area contributed by atoms with E-state index >= 15 is 0 Å². The molecule has 1 unspecified atom stereocenters. The van der Waals surface area contributed by atoms with Crippen LogP contribution in [0.3, 0.4) is 0 Å². The lowest BCUT2D eigenvalue weighted by Gasteiger charge is -2.42. The third-order valence-electron chi connectivity index (χ3n) is 5.91. The molecule has 1 N–H and O–H groups in total. The predicted molar refractivity (Wildman–Crippen MR) is 101 cm³/mol. The zero-order chi connectivity index (χ0) is 15.9. The van der Waals surface area contributed by atoms with E-state index < -0.39 is 0 Å². The third kappa shape index (κ3) is 2.72. The molecule has 0 aromatic heterocycles. The van der Waals surface area contributed by atoms with Crippen LogP contribution in [-0.4, -0.2) is 21.5 Å². The summed E-state index contributed by atoms with van der Waals surface area (Å²) in [5.74, 6) is 4.57. The quantitative estimate of drug-likeness (QED) is 0.851. The fourth-order valence-corrected chi connectivity index (χ4v) is 8.74. The van der Waals surface area contributed by atoms with Gasteiger partial charge in [-0.05, 0) is 55.6 Å². The molecule has 4 rings (SSSR count). The van der Waals surface area contributed by atoms with E-state index in [1.807, 2.05) is 18.2 Å². The first-order valence-electron chi connectivity index (χ1n) is 8.89. The number of anilines is 1. The molecule has 4 heteroatoms. The minimum atomic E-state index is 0.213. The molecular weight excluding hydrogens is 322 g/mol. The van der Waals surface area contributed by atoms with Gasteiger partial charge in [0.1, 0.15) is 0 Å². The Morgan fingerprint density at radius 3 is 2.48 bits per heavy atom. The molecule has 23 heavy (non-hydrogen) atoms. The smallest absolute Gasteiger partial charge is 0.227 e. The molecule has 2 bridgehead atoms. The number of hydrogen-bond donors (Lipinski definition) is 1. The molecule has 3 aliphatic rings.